The molecule has 1 amide bonds. The summed E-state index contributed by atoms with van der Waals surface area (Å²) in [6.45, 7) is 4.42. The quantitative estimate of drug-likeness (QED) is 0.827. The minimum atomic E-state index is -4.70. The second-order valence-corrected chi connectivity index (χ2v) is 7.09. The van der Waals surface area contributed by atoms with E-state index in [4.69, 9.17) is 5.73 Å². The van der Waals surface area contributed by atoms with Crippen LogP contribution < -0.4 is 5.73 Å². The normalized spacial score (nSPS) is 16.6. The maximum absolute atomic E-state index is 13.8. The van der Waals surface area contributed by atoms with Crippen molar-refractivity contribution in [2.45, 2.75) is 38.9 Å². The molecule has 0 spiro atoms. The molecule has 5 nitrogen and oxygen atoms in total. The van der Waals surface area contributed by atoms with Crippen LogP contribution in [0.15, 0.2) is 30.5 Å². The predicted molar refractivity (Wildman–Crippen MR) is 103 cm³/mol. The summed E-state index contributed by atoms with van der Waals surface area (Å²) >= 11 is 0. The van der Waals surface area contributed by atoms with E-state index in [1.54, 1.807) is 31.2 Å². The van der Waals surface area contributed by atoms with Gasteiger partial charge in [0.15, 0.2) is 5.69 Å². The molecule has 0 radical (unpaired) electrons. The molecule has 154 valence electrons. The molecular formula is C19H24ClF3N4O. The molecule has 2 N–H and O–H groups in total. The van der Waals surface area contributed by atoms with Crippen LogP contribution >= 0.6 is 12.4 Å². The molecule has 1 unspecified atom stereocenters. The lowest BCUT2D eigenvalue weighted by atomic mass is 9.90. The zero-order chi connectivity index (χ0) is 19.8. The molecule has 0 aliphatic carbocycles. The summed E-state index contributed by atoms with van der Waals surface area (Å²) in [5.41, 5.74) is 5.40. The van der Waals surface area contributed by atoms with Crippen LogP contribution in [-0.2, 0) is 6.18 Å². The van der Waals surface area contributed by atoms with E-state index in [2.05, 4.69) is 5.10 Å². The molecule has 28 heavy (non-hydrogen) atoms. The third-order valence-electron chi connectivity index (χ3n) is 5.18. The second kappa shape index (κ2) is 8.53. The van der Waals surface area contributed by atoms with Crippen LogP contribution in [0, 0.1) is 12.8 Å². The molecule has 0 saturated carbocycles. The van der Waals surface area contributed by atoms with E-state index < -0.39 is 23.3 Å². The highest BCUT2D eigenvalue weighted by Crippen LogP contribution is 2.35. The van der Waals surface area contributed by atoms with Gasteiger partial charge < -0.3 is 10.6 Å². The number of likely N-dealkylation sites (tertiary alicyclic amines) is 1. The van der Waals surface area contributed by atoms with Crippen LogP contribution in [0.3, 0.4) is 0 Å². The van der Waals surface area contributed by atoms with Crippen molar-refractivity contribution in [3.8, 4) is 5.69 Å². The Bertz CT molecular complexity index is 827. The van der Waals surface area contributed by atoms with Gasteiger partial charge in [-0.2, -0.15) is 18.3 Å². The number of rotatable bonds is 3. The highest BCUT2D eigenvalue weighted by atomic mass is 35.5. The largest absolute Gasteiger partial charge is 0.434 e. The first-order chi connectivity index (χ1) is 12.7. The molecule has 1 aliphatic rings. The van der Waals surface area contributed by atoms with Gasteiger partial charge in [0.05, 0.1) is 17.4 Å². The second-order valence-electron chi connectivity index (χ2n) is 7.09. The number of hydrogen-bond acceptors (Lipinski definition) is 3. The summed E-state index contributed by atoms with van der Waals surface area (Å²) < 4.78 is 42.2. The minimum absolute atomic E-state index is 0. The van der Waals surface area contributed by atoms with Gasteiger partial charge in [0.25, 0.3) is 5.91 Å². The number of hydrogen-bond donors (Lipinski definition) is 1. The van der Waals surface area contributed by atoms with Crippen molar-refractivity contribution in [2.75, 3.05) is 13.1 Å². The fraction of sp³-hybridized carbons (Fsp3) is 0.474. The van der Waals surface area contributed by atoms with Gasteiger partial charge >= 0.3 is 6.18 Å². The first-order valence-electron chi connectivity index (χ1n) is 8.96. The number of carbonyl (C=O) groups is 1. The molecule has 0 bridgehead atoms. The maximum atomic E-state index is 13.8. The molecule has 3 rings (SSSR count). The lowest BCUT2D eigenvalue weighted by molar-refractivity contribution is -0.143. The molecule has 1 aromatic carbocycles. The fourth-order valence-electron chi connectivity index (χ4n) is 3.56. The van der Waals surface area contributed by atoms with Crippen LogP contribution in [0.1, 0.15) is 41.4 Å². The SMILES string of the molecule is Cc1ccccc1-n1ncc(C(=O)N2CCC(C(C)N)CC2)c1C(F)(F)F.Cl. The highest BCUT2D eigenvalue weighted by molar-refractivity contribution is 5.95. The van der Waals surface area contributed by atoms with E-state index in [1.807, 2.05) is 6.92 Å². The Morgan fingerprint density at radius 1 is 1.25 bits per heavy atom. The summed E-state index contributed by atoms with van der Waals surface area (Å²) in [7, 11) is 0. The van der Waals surface area contributed by atoms with Crippen molar-refractivity contribution in [3.63, 3.8) is 0 Å². The summed E-state index contributed by atoms with van der Waals surface area (Å²) in [6.07, 6.45) is -2.30. The van der Waals surface area contributed by atoms with Crippen molar-refractivity contribution >= 4 is 18.3 Å². The van der Waals surface area contributed by atoms with Gasteiger partial charge in [-0.1, -0.05) is 18.2 Å². The van der Waals surface area contributed by atoms with Crippen molar-refractivity contribution in [3.05, 3.63) is 47.3 Å². The van der Waals surface area contributed by atoms with Crippen molar-refractivity contribution in [1.82, 2.24) is 14.7 Å². The number of piperidine rings is 1. The molecule has 1 saturated heterocycles. The average Bonchev–Trinajstić information content (AvgIpc) is 3.07. The first-order valence-corrected chi connectivity index (χ1v) is 8.96. The Morgan fingerprint density at radius 2 is 1.86 bits per heavy atom. The number of aryl methyl sites for hydroxylation is 1. The maximum Gasteiger partial charge on any atom is 0.434 e. The molecular weight excluding hydrogens is 393 g/mol. The van der Waals surface area contributed by atoms with Gasteiger partial charge in [-0.3, -0.25) is 4.79 Å². The highest BCUT2D eigenvalue weighted by Gasteiger charge is 2.42. The van der Waals surface area contributed by atoms with Gasteiger partial charge in [0.2, 0.25) is 0 Å². The number of alkyl halides is 3. The Hall–Kier alpha value is -2.06. The van der Waals surface area contributed by atoms with E-state index in [9.17, 15) is 18.0 Å². The number of nitrogens with two attached hydrogens (primary N) is 1. The summed E-state index contributed by atoms with van der Waals surface area (Å²) in [5.74, 6) is -0.351. The Balaban J connectivity index is 0.00000280. The van der Waals surface area contributed by atoms with Crippen molar-refractivity contribution in [1.29, 1.82) is 0 Å². The lowest BCUT2D eigenvalue weighted by Gasteiger charge is -2.33. The Labute approximate surface area is 168 Å². The van der Waals surface area contributed by atoms with E-state index in [0.29, 0.717) is 37.2 Å². The van der Waals surface area contributed by atoms with Crippen LogP contribution in [0.4, 0.5) is 13.2 Å². The smallest absolute Gasteiger partial charge is 0.339 e. The van der Waals surface area contributed by atoms with Crippen molar-refractivity contribution in [2.24, 2.45) is 11.7 Å². The molecule has 1 atom stereocenters. The zero-order valence-electron chi connectivity index (χ0n) is 15.7. The topological polar surface area (TPSA) is 64.2 Å². The monoisotopic (exact) mass is 416 g/mol. The number of aromatic nitrogens is 2. The minimum Gasteiger partial charge on any atom is -0.339 e. The first kappa shape index (κ1) is 22.2. The third-order valence-corrected chi connectivity index (χ3v) is 5.18. The van der Waals surface area contributed by atoms with E-state index >= 15 is 0 Å². The number of amides is 1. The predicted octanol–water partition coefficient (Wildman–Crippen LogP) is 3.82. The molecule has 9 heteroatoms. The summed E-state index contributed by atoms with van der Waals surface area (Å²) in [5, 5.41) is 3.90. The van der Waals surface area contributed by atoms with Crippen molar-refractivity contribution < 1.29 is 18.0 Å². The van der Waals surface area contributed by atoms with Gasteiger partial charge in [-0.15, -0.1) is 12.4 Å². The number of nitrogens with zero attached hydrogens (tertiary/aromatic N) is 3. The number of para-hydroxylation sites is 1. The number of carbonyl (C=O) groups excluding carboxylic acids is 1. The molecule has 1 aliphatic heterocycles. The molecule has 2 heterocycles. The fourth-order valence-corrected chi connectivity index (χ4v) is 3.56. The van der Waals surface area contributed by atoms with Crippen LogP contribution in [0.2, 0.25) is 0 Å². The third kappa shape index (κ3) is 4.33. The Morgan fingerprint density at radius 3 is 2.39 bits per heavy atom. The number of halogens is 4. The molecule has 1 fully saturated rings. The summed E-state index contributed by atoms with van der Waals surface area (Å²) in [4.78, 5) is 14.3. The lowest BCUT2D eigenvalue weighted by Crippen LogP contribution is -2.43. The van der Waals surface area contributed by atoms with Crippen LogP contribution in [0.25, 0.3) is 5.69 Å². The van der Waals surface area contributed by atoms with Gasteiger partial charge in [0.1, 0.15) is 0 Å². The van der Waals surface area contributed by atoms with E-state index in [-0.39, 0.29) is 24.4 Å². The van der Waals surface area contributed by atoms with Gasteiger partial charge in [0, 0.05) is 19.1 Å². The zero-order valence-corrected chi connectivity index (χ0v) is 16.6. The molecule has 2 aromatic rings. The summed E-state index contributed by atoms with van der Waals surface area (Å²) in [6, 6.07) is 6.66. The van der Waals surface area contributed by atoms with Crippen LogP contribution in [0.5, 0.6) is 0 Å². The Kier molecular flexibility index (Phi) is 6.77. The standard InChI is InChI=1S/C19H23F3N4O.ClH/c1-12-5-3-4-6-16(12)26-17(19(20,21)22)15(11-24-26)18(27)25-9-7-14(8-10-25)13(2)23;/h3-6,11,13-14H,7-10,23H2,1-2H3;1H. The van der Waals surface area contributed by atoms with Gasteiger partial charge in [-0.25, -0.2) is 4.68 Å². The number of benzene rings is 1. The molecule has 1 aromatic heterocycles. The van der Waals surface area contributed by atoms with E-state index in [1.165, 1.54) is 4.90 Å². The van der Waals surface area contributed by atoms with Gasteiger partial charge in [-0.05, 0) is 44.2 Å². The van der Waals surface area contributed by atoms with E-state index in [0.717, 1.165) is 10.9 Å². The average molecular weight is 417 g/mol. The van der Waals surface area contributed by atoms with Crippen LogP contribution in [-0.4, -0.2) is 39.7 Å².